The fraction of sp³-hybridized carbons (Fsp3) is 0.158. The van der Waals surface area contributed by atoms with E-state index < -0.39 is 0 Å². The standard InChI is InChI=1S/C19H18N4O2/c1-24-14-8-6-12(7-9-14)18-22-19(25-23-18)16(20)10-13-11-21-17-5-3-2-4-15(13)17/h2-9,11,16,21H,10,20H2,1H3. The zero-order valence-electron chi connectivity index (χ0n) is 13.8. The summed E-state index contributed by atoms with van der Waals surface area (Å²) in [7, 11) is 1.63. The van der Waals surface area contributed by atoms with Gasteiger partial charge in [-0.1, -0.05) is 23.4 Å². The molecule has 4 rings (SSSR count). The first kappa shape index (κ1) is 15.4. The van der Waals surface area contributed by atoms with Gasteiger partial charge in [-0.05, 0) is 42.3 Å². The normalized spacial score (nSPS) is 12.4. The van der Waals surface area contributed by atoms with Crippen LogP contribution in [0.1, 0.15) is 17.5 Å². The van der Waals surface area contributed by atoms with Crippen LogP contribution in [0.3, 0.4) is 0 Å². The molecule has 1 unspecified atom stereocenters. The third kappa shape index (κ3) is 2.99. The van der Waals surface area contributed by atoms with Gasteiger partial charge in [0.1, 0.15) is 5.75 Å². The van der Waals surface area contributed by atoms with E-state index in [0.29, 0.717) is 18.1 Å². The average Bonchev–Trinajstić information content (AvgIpc) is 3.30. The summed E-state index contributed by atoms with van der Waals surface area (Å²) in [6.45, 7) is 0. The van der Waals surface area contributed by atoms with Crippen molar-refractivity contribution in [3.63, 3.8) is 0 Å². The van der Waals surface area contributed by atoms with Gasteiger partial charge in [-0.3, -0.25) is 0 Å². The molecule has 0 saturated heterocycles. The Kier molecular flexibility index (Phi) is 3.95. The number of benzene rings is 2. The molecule has 25 heavy (non-hydrogen) atoms. The summed E-state index contributed by atoms with van der Waals surface area (Å²) >= 11 is 0. The summed E-state index contributed by atoms with van der Waals surface area (Å²) in [5.41, 5.74) is 9.36. The Labute approximate surface area is 144 Å². The maximum Gasteiger partial charge on any atom is 0.244 e. The molecule has 6 nitrogen and oxygen atoms in total. The fourth-order valence-electron chi connectivity index (χ4n) is 2.87. The number of para-hydroxylation sites is 1. The van der Waals surface area contributed by atoms with Crippen LogP contribution >= 0.6 is 0 Å². The van der Waals surface area contributed by atoms with Crippen molar-refractivity contribution < 1.29 is 9.26 Å². The van der Waals surface area contributed by atoms with E-state index in [1.54, 1.807) is 7.11 Å². The highest BCUT2D eigenvalue weighted by atomic mass is 16.5. The van der Waals surface area contributed by atoms with E-state index in [9.17, 15) is 0 Å². The fourth-order valence-corrected chi connectivity index (χ4v) is 2.87. The zero-order chi connectivity index (χ0) is 17.2. The van der Waals surface area contributed by atoms with Crippen molar-refractivity contribution in [1.29, 1.82) is 0 Å². The van der Waals surface area contributed by atoms with E-state index >= 15 is 0 Å². The first-order chi connectivity index (χ1) is 12.2. The predicted molar refractivity (Wildman–Crippen MR) is 95.2 cm³/mol. The van der Waals surface area contributed by atoms with Crippen LogP contribution in [0, 0.1) is 0 Å². The minimum Gasteiger partial charge on any atom is -0.497 e. The number of fused-ring (bicyclic) bond motifs is 1. The zero-order valence-corrected chi connectivity index (χ0v) is 13.8. The van der Waals surface area contributed by atoms with Gasteiger partial charge in [-0.2, -0.15) is 4.98 Å². The number of aromatic nitrogens is 3. The highest BCUT2D eigenvalue weighted by Crippen LogP contribution is 2.25. The van der Waals surface area contributed by atoms with Gasteiger partial charge in [0.2, 0.25) is 11.7 Å². The summed E-state index contributed by atoms with van der Waals surface area (Å²) in [6.07, 6.45) is 2.60. The molecule has 0 aliphatic carbocycles. The highest BCUT2D eigenvalue weighted by Gasteiger charge is 2.18. The van der Waals surface area contributed by atoms with Crippen LogP contribution in [-0.4, -0.2) is 22.2 Å². The van der Waals surface area contributed by atoms with Crippen molar-refractivity contribution in [1.82, 2.24) is 15.1 Å². The van der Waals surface area contributed by atoms with Crippen molar-refractivity contribution in [3.8, 4) is 17.1 Å². The topological polar surface area (TPSA) is 90.0 Å². The number of nitrogens with two attached hydrogens (primary N) is 1. The number of nitrogens with zero attached hydrogens (tertiary/aromatic N) is 2. The third-order valence-electron chi connectivity index (χ3n) is 4.22. The SMILES string of the molecule is COc1ccc(-c2noc(C(N)Cc3c[nH]c4ccccc34)n2)cc1. The Hall–Kier alpha value is -3.12. The molecule has 0 aliphatic heterocycles. The van der Waals surface area contributed by atoms with Gasteiger partial charge < -0.3 is 20.0 Å². The Morgan fingerprint density at radius 3 is 2.76 bits per heavy atom. The molecule has 2 aromatic carbocycles. The molecule has 4 aromatic rings. The lowest BCUT2D eigenvalue weighted by Gasteiger charge is -2.05. The molecule has 0 aliphatic rings. The molecule has 0 bridgehead atoms. The van der Waals surface area contributed by atoms with Gasteiger partial charge >= 0.3 is 0 Å². The number of H-pyrrole nitrogens is 1. The second kappa shape index (κ2) is 6.41. The lowest BCUT2D eigenvalue weighted by Crippen LogP contribution is -2.13. The van der Waals surface area contributed by atoms with Gasteiger partial charge in [0.25, 0.3) is 0 Å². The van der Waals surface area contributed by atoms with Gasteiger partial charge in [0, 0.05) is 22.7 Å². The second-order valence-corrected chi connectivity index (χ2v) is 5.85. The summed E-state index contributed by atoms with van der Waals surface area (Å²) < 4.78 is 10.5. The molecule has 3 N–H and O–H groups in total. The molecular weight excluding hydrogens is 316 g/mol. The molecule has 0 spiro atoms. The van der Waals surface area contributed by atoms with Gasteiger partial charge in [0.15, 0.2) is 0 Å². The third-order valence-corrected chi connectivity index (χ3v) is 4.22. The van der Waals surface area contributed by atoms with Crippen LogP contribution in [0.15, 0.2) is 59.3 Å². The minimum absolute atomic E-state index is 0.362. The number of methoxy groups -OCH3 is 1. The van der Waals surface area contributed by atoms with Crippen molar-refractivity contribution in [2.75, 3.05) is 7.11 Å². The summed E-state index contributed by atoms with van der Waals surface area (Å²) in [6, 6.07) is 15.3. The Balaban J connectivity index is 1.54. The van der Waals surface area contributed by atoms with E-state index in [4.69, 9.17) is 15.0 Å². The molecule has 1 atom stereocenters. The van der Waals surface area contributed by atoms with Crippen LogP contribution in [0.5, 0.6) is 5.75 Å². The molecular formula is C19H18N4O2. The monoisotopic (exact) mass is 334 g/mol. The minimum atomic E-state index is -0.362. The molecule has 0 amide bonds. The van der Waals surface area contributed by atoms with Crippen molar-refractivity contribution in [2.24, 2.45) is 5.73 Å². The van der Waals surface area contributed by atoms with Crippen LogP contribution in [-0.2, 0) is 6.42 Å². The van der Waals surface area contributed by atoms with Crippen molar-refractivity contribution >= 4 is 10.9 Å². The first-order valence-electron chi connectivity index (χ1n) is 8.03. The number of ether oxygens (including phenoxy) is 1. The molecule has 2 heterocycles. The highest BCUT2D eigenvalue weighted by molar-refractivity contribution is 5.83. The average molecular weight is 334 g/mol. The van der Waals surface area contributed by atoms with Gasteiger partial charge in [-0.15, -0.1) is 0 Å². The van der Waals surface area contributed by atoms with Crippen LogP contribution in [0.4, 0.5) is 0 Å². The van der Waals surface area contributed by atoms with E-state index in [1.807, 2.05) is 48.7 Å². The summed E-state index contributed by atoms with van der Waals surface area (Å²) in [5.74, 6) is 1.73. The maximum atomic E-state index is 6.28. The number of rotatable bonds is 5. The smallest absolute Gasteiger partial charge is 0.244 e. The molecule has 0 fully saturated rings. The second-order valence-electron chi connectivity index (χ2n) is 5.85. The quantitative estimate of drug-likeness (QED) is 0.583. The van der Waals surface area contributed by atoms with Gasteiger partial charge in [0.05, 0.1) is 13.2 Å². The predicted octanol–water partition coefficient (Wildman–Crippen LogP) is 3.47. The molecule has 0 radical (unpaired) electrons. The molecule has 2 aromatic heterocycles. The summed E-state index contributed by atoms with van der Waals surface area (Å²) in [4.78, 5) is 7.70. The summed E-state index contributed by atoms with van der Waals surface area (Å²) in [5, 5.41) is 5.20. The number of aromatic amines is 1. The van der Waals surface area contributed by atoms with E-state index in [0.717, 1.165) is 27.8 Å². The Morgan fingerprint density at radius 2 is 1.96 bits per heavy atom. The first-order valence-corrected chi connectivity index (χ1v) is 8.03. The van der Waals surface area contributed by atoms with Crippen molar-refractivity contribution in [3.05, 3.63) is 66.2 Å². The van der Waals surface area contributed by atoms with Gasteiger partial charge in [-0.25, -0.2) is 0 Å². The lowest BCUT2D eigenvalue weighted by molar-refractivity contribution is 0.354. The van der Waals surface area contributed by atoms with E-state index in [2.05, 4.69) is 21.2 Å². The largest absolute Gasteiger partial charge is 0.497 e. The van der Waals surface area contributed by atoms with E-state index in [-0.39, 0.29) is 6.04 Å². The number of hydrogen-bond donors (Lipinski definition) is 2. The lowest BCUT2D eigenvalue weighted by atomic mass is 10.1. The molecule has 0 saturated carbocycles. The Bertz CT molecular complexity index is 988. The Morgan fingerprint density at radius 1 is 1.16 bits per heavy atom. The number of nitrogens with one attached hydrogen (secondary N) is 1. The molecule has 6 heteroatoms. The van der Waals surface area contributed by atoms with Crippen molar-refractivity contribution in [2.45, 2.75) is 12.5 Å². The maximum absolute atomic E-state index is 6.28. The number of hydrogen-bond acceptors (Lipinski definition) is 5. The van der Waals surface area contributed by atoms with Crippen LogP contribution in [0.2, 0.25) is 0 Å². The molecule has 126 valence electrons. The van der Waals surface area contributed by atoms with Crippen LogP contribution < -0.4 is 10.5 Å². The van der Waals surface area contributed by atoms with E-state index in [1.165, 1.54) is 0 Å². The van der Waals surface area contributed by atoms with Crippen LogP contribution in [0.25, 0.3) is 22.3 Å².